The van der Waals surface area contributed by atoms with Gasteiger partial charge in [0.25, 0.3) is 0 Å². The Bertz CT molecular complexity index is 1230. The number of carboxylic acid groups (broad SMARTS) is 2. The minimum atomic E-state index is -0.970. The monoisotopic (exact) mass is 542 g/mol. The number of unbranched alkanes of at least 4 members (excludes halogenated alkanes) is 10. The first-order chi connectivity index (χ1) is 19.5. The number of carbonyl (C=O) groups is 2. The summed E-state index contributed by atoms with van der Waals surface area (Å²) in [7, 11) is 0. The third-order valence-electron chi connectivity index (χ3n) is 7.83. The third-order valence-corrected chi connectivity index (χ3v) is 7.83. The molecule has 40 heavy (non-hydrogen) atoms. The fraction of sp³-hybridized carbons (Fsp3) is 0.444. The van der Waals surface area contributed by atoms with Gasteiger partial charge in [0.05, 0.1) is 11.1 Å². The molecule has 0 bridgehead atoms. The van der Waals surface area contributed by atoms with Crippen LogP contribution in [-0.2, 0) is 12.8 Å². The third kappa shape index (κ3) is 8.81. The molecule has 0 heterocycles. The molecule has 214 valence electrons. The van der Waals surface area contributed by atoms with Crippen molar-refractivity contribution in [3.63, 3.8) is 0 Å². The van der Waals surface area contributed by atoms with E-state index in [1.54, 1.807) is 18.2 Å². The van der Waals surface area contributed by atoms with Gasteiger partial charge in [0.15, 0.2) is 0 Å². The van der Waals surface area contributed by atoms with Crippen LogP contribution in [0.1, 0.15) is 123 Å². The van der Waals surface area contributed by atoms with Crippen LogP contribution in [0.3, 0.4) is 0 Å². The van der Waals surface area contributed by atoms with Crippen LogP contribution >= 0.6 is 0 Å². The molecular formula is C36H46O4. The first kappa shape index (κ1) is 31.1. The van der Waals surface area contributed by atoms with Crippen molar-refractivity contribution in [3.8, 4) is 22.3 Å². The second-order valence-electron chi connectivity index (χ2n) is 10.9. The van der Waals surface area contributed by atoms with Gasteiger partial charge in [0.2, 0.25) is 0 Å². The lowest BCUT2D eigenvalue weighted by Gasteiger charge is -2.21. The molecule has 0 spiro atoms. The van der Waals surface area contributed by atoms with Crippen molar-refractivity contribution in [1.29, 1.82) is 0 Å². The Hall–Kier alpha value is -3.40. The largest absolute Gasteiger partial charge is 0.478 e. The molecule has 3 rings (SSSR count). The number of carboxylic acids is 2. The summed E-state index contributed by atoms with van der Waals surface area (Å²) in [6.45, 7) is 4.43. The van der Waals surface area contributed by atoms with Gasteiger partial charge in [-0.2, -0.15) is 0 Å². The van der Waals surface area contributed by atoms with Gasteiger partial charge in [-0.15, -0.1) is 0 Å². The topological polar surface area (TPSA) is 74.6 Å². The molecule has 4 heteroatoms. The summed E-state index contributed by atoms with van der Waals surface area (Å²) in [5.41, 5.74) is 6.28. The molecule has 0 aliphatic carbocycles. The van der Waals surface area contributed by atoms with Crippen LogP contribution in [-0.4, -0.2) is 22.2 Å². The minimum absolute atomic E-state index is 0.229. The van der Waals surface area contributed by atoms with Crippen LogP contribution in [0.2, 0.25) is 0 Å². The summed E-state index contributed by atoms with van der Waals surface area (Å²) >= 11 is 0. The number of hydrogen-bond donors (Lipinski definition) is 2. The molecule has 0 fully saturated rings. The molecule has 0 amide bonds. The average Bonchev–Trinajstić information content (AvgIpc) is 2.96. The Balaban J connectivity index is 2.11. The van der Waals surface area contributed by atoms with Crippen LogP contribution < -0.4 is 0 Å². The van der Waals surface area contributed by atoms with Crippen LogP contribution in [0.4, 0.5) is 0 Å². The zero-order valence-electron chi connectivity index (χ0n) is 24.4. The molecule has 0 aliphatic rings. The lowest BCUT2D eigenvalue weighted by atomic mass is 9.83. The molecule has 3 aromatic rings. The van der Waals surface area contributed by atoms with Crippen molar-refractivity contribution in [2.24, 2.45) is 0 Å². The van der Waals surface area contributed by atoms with Crippen molar-refractivity contribution >= 4 is 11.9 Å². The second kappa shape index (κ2) is 16.6. The fourth-order valence-corrected chi connectivity index (χ4v) is 5.63. The predicted molar refractivity (Wildman–Crippen MR) is 165 cm³/mol. The zero-order chi connectivity index (χ0) is 28.7. The molecular weight excluding hydrogens is 496 g/mol. The van der Waals surface area contributed by atoms with E-state index in [0.717, 1.165) is 71.9 Å². The molecule has 0 saturated carbocycles. The fourth-order valence-electron chi connectivity index (χ4n) is 5.63. The Morgan fingerprint density at radius 3 is 1.80 bits per heavy atom. The van der Waals surface area contributed by atoms with Crippen molar-refractivity contribution in [2.75, 3.05) is 0 Å². The molecule has 2 N–H and O–H groups in total. The highest BCUT2D eigenvalue weighted by Gasteiger charge is 2.22. The molecule has 0 unspecified atom stereocenters. The SMILES string of the molecule is CCCCCCCCc1ccc(C(=O)O)c(CCCCCCCC)c1-c1ccc(C(=O)O)cc1-c1ccccc1. The normalized spacial score (nSPS) is 11.1. The van der Waals surface area contributed by atoms with Crippen LogP contribution in [0.5, 0.6) is 0 Å². The number of rotatable bonds is 18. The molecule has 4 nitrogen and oxygen atoms in total. The van der Waals surface area contributed by atoms with Crippen LogP contribution in [0, 0.1) is 0 Å². The first-order valence-electron chi connectivity index (χ1n) is 15.3. The summed E-state index contributed by atoms with van der Waals surface area (Å²) in [5.74, 6) is -1.88. The molecule has 0 aromatic heterocycles. The van der Waals surface area contributed by atoms with E-state index < -0.39 is 11.9 Å². The van der Waals surface area contributed by atoms with Gasteiger partial charge in [0, 0.05) is 0 Å². The maximum Gasteiger partial charge on any atom is 0.335 e. The average molecular weight is 543 g/mol. The predicted octanol–water partition coefficient (Wildman–Crippen LogP) is 10.2. The Morgan fingerprint density at radius 2 is 1.20 bits per heavy atom. The summed E-state index contributed by atoms with van der Waals surface area (Å²) in [5, 5.41) is 20.0. The minimum Gasteiger partial charge on any atom is -0.478 e. The van der Waals surface area contributed by atoms with Crippen LogP contribution in [0.25, 0.3) is 22.3 Å². The highest BCUT2D eigenvalue weighted by molar-refractivity contribution is 5.97. The second-order valence-corrected chi connectivity index (χ2v) is 10.9. The van der Waals surface area contributed by atoms with Crippen LogP contribution in [0.15, 0.2) is 60.7 Å². The lowest BCUT2D eigenvalue weighted by molar-refractivity contribution is 0.0685. The molecule has 0 radical (unpaired) electrons. The van der Waals surface area contributed by atoms with Crippen molar-refractivity contribution in [2.45, 2.75) is 104 Å². The van der Waals surface area contributed by atoms with Crippen molar-refractivity contribution in [1.82, 2.24) is 0 Å². The molecule has 0 atom stereocenters. The number of aryl methyl sites for hydroxylation is 1. The van der Waals surface area contributed by atoms with E-state index in [0.29, 0.717) is 12.0 Å². The van der Waals surface area contributed by atoms with Gasteiger partial charge < -0.3 is 10.2 Å². The zero-order valence-corrected chi connectivity index (χ0v) is 24.4. The van der Waals surface area contributed by atoms with Gasteiger partial charge in [-0.3, -0.25) is 0 Å². The lowest BCUT2D eigenvalue weighted by Crippen LogP contribution is -2.08. The summed E-state index contributed by atoms with van der Waals surface area (Å²) < 4.78 is 0. The first-order valence-corrected chi connectivity index (χ1v) is 15.3. The Labute approximate surface area is 240 Å². The maximum absolute atomic E-state index is 12.5. The summed E-state index contributed by atoms with van der Waals surface area (Å²) in [6, 6.07) is 18.9. The number of aromatic carboxylic acids is 2. The van der Waals surface area contributed by atoms with E-state index in [1.807, 2.05) is 42.5 Å². The standard InChI is InChI=1S/C36H46O4/c1-3-5-7-9-11-14-20-28-22-25-32(36(39)40)30(21-17-12-10-8-6-4-2)34(28)31-24-23-29(35(37)38)26-33(31)27-18-15-13-16-19-27/h13,15-16,18-19,22-26H,3-12,14,17,20-21H2,1-2H3,(H,37,38)(H,39,40). The van der Waals surface area contributed by atoms with Gasteiger partial charge in [-0.1, -0.05) is 121 Å². The maximum atomic E-state index is 12.5. The van der Waals surface area contributed by atoms with E-state index in [4.69, 9.17) is 0 Å². The van der Waals surface area contributed by atoms with Gasteiger partial charge in [-0.25, -0.2) is 9.59 Å². The van der Waals surface area contributed by atoms with Gasteiger partial charge in [-0.05, 0) is 77.3 Å². The highest BCUT2D eigenvalue weighted by atomic mass is 16.4. The molecule has 3 aromatic carbocycles. The molecule has 0 saturated heterocycles. The molecule has 0 aliphatic heterocycles. The summed E-state index contributed by atoms with van der Waals surface area (Å²) in [6.07, 6.45) is 15.5. The van der Waals surface area contributed by atoms with Crippen molar-refractivity contribution in [3.05, 3.63) is 82.9 Å². The highest BCUT2D eigenvalue weighted by Crippen LogP contribution is 2.39. The van der Waals surface area contributed by atoms with E-state index in [-0.39, 0.29) is 5.56 Å². The van der Waals surface area contributed by atoms with Gasteiger partial charge in [0.1, 0.15) is 0 Å². The summed E-state index contributed by atoms with van der Waals surface area (Å²) in [4.78, 5) is 24.4. The quantitative estimate of drug-likeness (QED) is 0.157. The van der Waals surface area contributed by atoms with Gasteiger partial charge >= 0.3 is 11.9 Å². The Kier molecular flexibility index (Phi) is 13.0. The smallest absolute Gasteiger partial charge is 0.335 e. The number of hydrogen-bond acceptors (Lipinski definition) is 2. The van der Waals surface area contributed by atoms with E-state index in [2.05, 4.69) is 13.8 Å². The number of benzene rings is 3. The Morgan fingerprint density at radius 1 is 0.600 bits per heavy atom. The van der Waals surface area contributed by atoms with Crippen molar-refractivity contribution < 1.29 is 19.8 Å². The van der Waals surface area contributed by atoms with E-state index in [9.17, 15) is 19.8 Å². The van der Waals surface area contributed by atoms with E-state index in [1.165, 1.54) is 44.9 Å². The van der Waals surface area contributed by atoms with E-state index >= 15 is 0 Å².